The van der Waals surface area contributed by atoms with Crippen molar-refractivity contribution in [3.63, 3.8) is 0 Å². The second-order valence-corrected chi connectivity index (χ2v) is 5.18. The first-order valence-electron chi connectivity index (χ1n) is 5.39. The Hall–Kier alpha value is -1.18. The SMILES string of the molecule is CCNc1cncc(S(=O)(=O)NCCCO)c1. The lowest BCUT2D eigenvalue weighted by atomic mass is 10.4. The first kappa shape index (κ1) is 13.9. The second-order valence-electron chi connectivity index (χ2n) is 3.41. The van der Waals surface area contributed by atoms with Gasteiger partial charge in [0.15, 0.2) is 0 Å². The van der Waals surface area contributed by atoms with Crippen LogP contribution in [0.25, 0.3) is 0 Å². The number of nitrogens with zero attached hydrogens (tertiary/aromatic N) is 1. The molecular formula is C10H17N3O3S. The van der Waals surface area contributed by atoms with Gasteiger partial charge in [-0.05, 0) is 19.4 Å². The molecule has 6 nitrogen and oxygen atoms in total. The summed E-state index contributed by atoms with van der Waals surface area (Å²) in [5.74, 6) is 0. The minimum Gasteiger partial charge on any atom is -0.396 e. The predicted molar refractivity (Wildman–Crippen MR) is 65.3 cm³/mol. The average Bonchev–Trinajstić information content (AvgIpc) is 2.30. The fourth-order valence-electron chi connectivity index (χ4n) is 1.24. The van der Waals surface area contributed by atoms with Gasteiger partial charge in [0, 0.05) is 25.9 Å². The van der Waals surface area contributed by atoms with Gasteiger partial charge in [0.05, 0.1) is 11.9 Å². The molecule has 0 spiro atoms. The predicted octanol–water partition coefficient (Wildman–Crippen LogP) is 0.174. The number of hydrogen-bond acceptors (Lipinski definition) is 5. The van der Waals surface area contributed by atoms with Crippen LogP contribution < -0.4 is 10.0 Å². The van der Waals surface area contributed by atoms with Crippen molar-refractivity contribution >= 4 is 15.7 Å². The van der Waals surface area contributed by atoms with E-state index in [-0.39, 0.29) is 18.0 Å². The van der Waals surface area contributed by atoms with Crippen LogP contribution in [0.2, 0.25) is 0 Å². The number of aliphatic hydroxyl groups excluding tert-OH is 1. The van der Waals surface area contributed by atoms with Crippen LogP contribution in [-0.2, 0) is 10.0 Å². The third kappa shape index (κ3) is 4.29. The third-order valence-corrected chi connectivity index (χ3v) is 3.46. The Morgan fingerprint density at radius 3 is 2.82 bits per heavy atom. The van der Waals surface area contributed by atoms with Crippen molar-refractivity contribution in [2.75, 3.05) is 25.0 Å². The van der Waals surface area contributed by atoms with Gasteiger partial charge >= 0.3 is 0 Å². The number of nitrogens with one attached hydrogen (secondary N) is 2. The molecule has 0 fully saturated rings. The summed E-state index contributed by atoms with van der Waals surface area (Å²) in [6.45, 7) is 2.78. The molecule has 0 saturated carbocycles. The molecule has 0 bridgehead atoms. The standard InChI is InChI=1S/C10H17N3O3S/c1-2-12-9-6-10(8-11-7-9)17(15,16)13-4-3-5-14/h6-8,12-14H,2-5H2,1H3. The maximum atomic E-state index is 11.8. The number of pyridine rings is 1. The number of sulfonamides is 1. The van der Waals surface area contributed by atoms with Gasteiger partial charge in [-0.25, -0.2) is 13.1 Å². The lowest BCUT2D eigenvalue weighted by Crippen LogP contribution is -2.25. The summed E-state index contributed by atoms with van der Waals surface area (Å²) in [6.07, 6.45) is 3.25. The number of aromatic nitrogens is 1. The highest BCUT2D eigenvalue weighted by Crippen LogP contribution is 2.12. The summed E-state index contributed by atoms with van der Waals surface area (Å²) in [6, 6.07) is 1.53. The molecule has 0 atom stereocenters. The van der Waals surface area contributed by atoms with Crippen LogP contribution in [0.15, 0.2) is 23.4 Å². The van der Waals surface area contributed by atoms with Crippen LogP contribution in [-0.4, -0.2) is 38.2 Å². The van der Waals surface area contributed by atoms with E-state index in [4.69, 9.17) is 5.11 Å². The lowest BCUT2D eigenvalue weighted by molar-refractivity contribution is 0.289. The summed E-state index contributed by atoms with van der Waals surface area (Å²) in [7, 11) is -3.54. The minimum atomic E-state index is -3.54. The number of rotatable bonds is 7. The first-order chi connectivity index (χ1) is 8.10. The molecule has 1 aromatic rings. The molecule has 7 heteroatoms. The van der Waals surface area contributed by atoms with E-state index >= 15 is 0 Å². The highest BCUT2D eigenvalue weighted by molar-refractivity contribution is 7.89. The van der Waals surface area contributed by atoms with Gasteiger partial charge in [-0.1, -0.05) is 0 Å². The molecule has 0 aliphatic carbocycles. The zero-order valence-corrected chi connectivity index (χ0v) is 10.5. The van der Waals surface area contributed by atoms with E-state index in [1.165, 1.54) is 12.3 Å². The Bertz CT molecular complexity index is 448. The fourth-order valence-corrected chi connectivity index (χ4v) is 2.30. The Kier molecular flexibility index (Phi) is 5.33. The van der Waals surface area contributed by atoms with Crippen molar-refractivity contribution in [1.29, 1.82) is 0 Å². The van der Waals surface area contributed by atoms with Gasteiger partial charge in [-0.3, -0.25) is 4.98 Å². The summed E-state index contributed by atoms with van der Waals surface area (Å²) >= 11 is 0. The molecule has 0 amide bonds. The van der Waals surface area contributed by atoms with E-state index in [2.05, 4.69) is 15.0 Å². The molecule has 0 aliphatic heterocycles. The monoisotopic (exact) mass is 259 g/mol. The smallest absolute Gasteiger partial charge is 0.242 e. The fraction of sp³-hybridized carbons (Fsp3) is 0.500. The van der Waals surface area contributed by atoms with Gasteiger partial charge < -0.3 is 10.4 Å². The molecule has 1 heterocycles. The highest BCUT2D eigenvalue weighted by atomic mass is 32.2. The van der Waals surface area contributed by atoms with E-state index in [0.29, 0.717) is 18.7 Å². The van der Waals surface area contributed by atoms with Gasteiger partial charge in [0.25, 0.3) is 0 Å². The van der Waals surface area contributed by atoms with Crippen LogP contribution in [0.3, 0.4) is 0 Å². The second kappa shape index (κ2) is 6.53. The van der Waals surface area contributed by atoms with Crippen LogP contribution in [0.1, 0.15) is 13.3 Å². The lowest BCUT2D eigenvalue weighted by Gasteiger charge is -2.07. The molecule has 17 heavy (non-hydrogen) atoms. The Labute approximate surface area is 101 Å². The summed E-state index contributed by atoms with van der Waals surface area (Å²) < 4.78 is 26.0. The Balaban J connectivity index is 2.79. The molecule has 0 radical (unpaired) electrons. The molecule has 0 unspecified atom stereocenters. The van der Waals surface area contributed by atoms with Crippen molar-refractivity contribution < 1.29 is 13.5 Å². The minimum absolute atomic E-state index is 0.0435. The molecule has 3 N–H and O–H groups in total. The molecular weight excluding hydrogens is 242 g/mol. The quantitative estimate of drug-likeness (QED) is 0.607. The summed E-state index contributed by atoms with van der Waals surface area (Å²) in [5.41, 5.74) is 0.664. The van der Waals surface area contributed by atoms with E-state index in [0.717, 1.165) is 0 Å². The van der Waals surface area contributed by atoms with Crippen LogP contribution in [0.4, 0.5) is 5.69 Å². The van der Waals surface area contributed by atoms with Crippen LogP contribution in [0.5, 0.6) is 0 Å². The number of aliphatic hydroxyl groups is 1. The largest absolute Gasteiger partial charge is 0.396 e. The van der Waals surface area contributed by atoms with Crippen LogP contribution >= 0.6 is 0 Å². The van der Waals surface area contributed by atoms with Gasteiger partial charge in [-0.15, -0.1) is 0 Å². The van der Waals surface area contributed by atoms with Crippen molar-refractivity contribution in [2.45, 2.75) is 18.2 Å². The Morgan fingerprint density at radius 1 is 1.41 bits per heavy atom. The zero-order chi connectivity index (χ0) is 12.7. The van der Waals surface area contributed by atoms with E-state index in [1.807, 2.05) is 6.92 Å². The number of hydrogen-bond donors (Lipinski definition) is 3. The van der Waals surface area contributed by atoms with Crippen molar-refractivity contribution in [2.24, 2.45) is 0 Å². The van der Waals surface area contributed by atoms with Crippen molar-refractivity contribution in [3.05, 3.63) is 18.5 Å². The van der Waals surface area contributed by atoms with E-state index in [9.17, 15) is 8.42 Å². The number of anilines is 1. The van der Waals surface area contributed by atoms with Crippen LogP contribution in [0, 0.1) is 0 Å². The summed E-state index contributed by atoms with van der Waals surface area (Å²) in [4.78, 5) is 3.99. The zero-order valence-electron chi connectivity index (χ0n) is 9.68. The molecule has 1 rings (SSSR count). The van der Waals surface area contributed by atoms with Gasteiger partial charge in [-0.2, -0.15) is 0 Å². The van der Waals surface area contributed by atoms with Crippen molar-refractivity contribution in [1.82, 2.24) is 9.71 Å². The van der Waals surface area contributed by atoms with Gasteiger partial charge in [0.2, 0.25) is 10.0 Å². The Morgan fingerprint density at radius 2 is 2.18 bits per heavy atom. The summed E-state index contributed by atoms with van der Waals surface area (Å²) in [5, 5.41) is 11.6. The normalized spacial score (nSPS) is 11.4. The molecule has 1 aromatic heterocycles. The van der Waals surface area contributed by atoms with E-state index in [1.54, 1.807) is 6.20 Å². The third-order valence-electron chi connectivity index (χ3n) is 2.03. The highest BCUT2D eigenvalue weighted by Gasteiger charge is 2.13. The topological polar surface area (TPSA) is 91.3 Å². The van der Waals surface area contributed by atoms with E-state index < -0.39 is 10.0 Å². The molecule has 0 aliphatic rings. The van der Waals surface area contributed by atoms with Gasteiger partial charge in [0.1, 0.15) is 4.90 Å². The molecule has 0 aromatic carbocycles. The van der Waals surface area contributed by atoms with Crippen molar-refractivity contribution in [3.8, 4) is 0 Å². The average molecular weight is 259 g/mol. The maximum Gasteiger partial charge on any atom is 0.242 e. The maximum absolute atomic E-state index is 11.8. The first-order valence-corrected chi connectivity index (χ1v) is 6.88. The molecule has 96 valence electrons. The molecule has 0 saturated heterocycles.